The van der Waals surface area contributed by atoms with Gasteiger partial charge in [0, 0.05) is 38.0 Å². The average Bonchev–Trinajstić information content (AvgIpc) is 3.04. The minimum absolute atomic E-state index is 0.0901. The molecule has 0 radical (unpaired) electrons. The molecular formula is C24H28FN3O2S. The SMILES string of the molecule is CSCCC1NC2(CCN(C(=O)c3ccc(F)cc3)CC2)N(Cc2ccccc2)C1=O. The fraction of sp³-hybridized carbons (Fsp3) is 0.417. The van der Waals surface area contributed by atoms with E-state index in [-0.39, 0.29) is 23.7 Å². The number of carbonyl (C=O) groups excluding carboxylic acids is 2. The standard InChI is InChI=1S/C24H28FN3O2S/c1-31-16-11-21-23(30)28(17-18-5-3-2-4-6-18)24(26-21)12-14-27(15-13-24)22(29)19-7-9-20(25)10-8-19/h2-10,21,26H,11-17H2,1H3. The number of amides is 2. The molecule has 2 amide bonds. The summed E-state index contributed by atoms with van der Waals surface area (Å²) in [4.78, 5) is 30.0. The highest BCUT2D eigenvalue weighted by molar-refractivity contribution is 7.98. The molecule has 0 bridgehead atoms. The Kier molecular flexibility index (Phi) is 6.62. The topological polar surface area (TPSA) is 52.7 Å². The lowest BCUT2D eigenvalue weighted by molar-refractivity contribution is -0.134. The molecule has 2 heterocycles. The fourth-order valence-corrected chi connectivity index (χ4v) is 5.03. The van der Waals surface area contributed by atoms with Crippen LogP contribution >= 0.6 is 11.8 Å². The minimum Gasteiger partial charge on any atom is -0.338 e. The second-order valence-corrected chi connectivity index (χ2v) is 9.20. The van der Waals surface area contributed by atoms with Crippen molar-refractivity contribution in [2.75, 3.05) is 25.1 Å². The third-order valence-corrected chi connectivity index (χ3v) is 6.93. The number of thioether (sulfide) groups is 1. The molecule has 4 rings (SSSR count). The van der Waals surface area contributed by atoms with Crippen LogP contribution < -0.4 is 5.32 Å². The third-order valence-electron chi connectivity index (χ3n) is 6.29. The van der Waals surface area contributed by atoms with E-state index in [0.29, 0.717) is 38.0 Å². The highest BCUT2D eigenvalue weighted by Gasteiger charge is 2.51. The number of piperidine rings is 1. The van der Waals surface area contributed by atoms with Crippen molar-refractivity contribution in [3.8, 4) is 0 Å². The van der Waals surface area contributed by atoms with Crippen LogP contribution in [-0.2, 0) is 11.3 Å². The molecule has 7 heteroatoms. The Balaban J connectivity index is 1.50. The highest BCUT2D eigenvalue weighted by atomic mass is 32.2. The Hall–Kier alpha value is -2.38. The molecule has 2 fully saturated rings. The summed E-state index contributed by atoms with van der Waals surface area (Å²) in [6, 6.07) is 15.5. The van der Waals surface area contributed by atoms with Crippen LogP contribution in [0.2, 0.25) is 0 Å². The quantitative estimate of drug-likeness (QED) is 0.745. The molecule has 2 saturated heterocycles. The molecule has 1 atom stereocenters. The van der Waals surface area contributed by atoms with Crippen LogP contribution in [0.3, 0.4) is 0 Å². The summed E-state index contributed by atoms with van der Waals surface area (Å²) in [5.41, 5.74) is 1.16. The summed E-state index contributed by atoms with van der Waals surface area (Å²) < 4.78 is 13.2. The Bertz CT molecular complexity index is 914. The van der Waals surface area contributed by atoms with Crippen molar-refractivity contribution in [2.45, 2.75) is 37.5 Å². The third kappa shape index (κ3) is 4.62. The molecule has 2 aliphatic rings. The van der Waals surface area contributed by atoms with E-state index >= 15 is 0 Å². The molecule has 164 valence electrons. The first-order valence-electron chi connectivity index (χ1n) is 10.7. The van der Waals surface area contributed by atoms with Crippen molar-refractivity contribution >= 4 is 23.6 Å². The van der Waals surface area contributed by atoms with E-state index in [1.807, 2.05) is 35.2 Å². The minimum atomic E-state index is -0.435. The number of carbonyl (C=O) groups is 2. The Morgan fingerprint density at radius 1 is 1.13 bits per heavy atom. The van der Waals surface area contributed by atoms with E-state index < -0.39 is 5.66 Å². The van der Waals surface area contributed by atoms with Gasteiger partial charge in [0.2, 0.25) is 5.91 Å². The van der Waals surface area contributed by atoms with Gasteiger partial charge in [0.05, 0.1) is 11.7 Å². The van der Waals surface area contributed by atoms with Gasteiger partial charge in [0.1, 0.15) is 5.82 Å². The van der Waals surface area contributed by atoms with Crippen LogP contribution in [0.15, 0.2) is 54.6 Å². The lowest BCUT2D eigenvalue weighted by atomic mass is 9.94. The van der Waals surface area contributed by atoms with E-state index in [0.717, 1.165) is 17.7 Å². The second kappa shape index (κ2) is 9.40. The van der Waals surface area contributed by atoms with Gasteiger partial charge in [-0.2, -0.15) is 11.8 Å². The van der Waals surface area contributed by atoms with Crippen LogP contribution in [0, 0.1) is 5.82 Å². The molecule has 1 N–H and O–H groups in total. The van der Waals surface area contributed by atoms with Crippen molar-refractivity contribution in [3.05, 3.63) is 71.5 Å². The van der Waals surface area contributed by atoms with E-state index in [4.69, 9.17) is 0 Å². The molecule has 0 saturated carbocycles. The van der Waals surface area contributed by atoms with E-state index in [1.54, 1.807) is 16.7 Å². The van der Waals surface area contributed by atoms with Gasteiger partial charge >= 0.3 is 0 Å². The number of likely N-dealkylation sites (tertiary alicyclic amines) is 1. The second-order valence-electron chi connectivity index (χ2n) is 8.22. The van der Waals surface area contributed by atoms with Gasteiger partial charge in [-0.1, -0.05) is 30.3 Å². The zero-order valence-corrected chi connectivity index (χ0v) is 18.5. The fourth-order valence-electron chi connectivity index (χ4n) is 4.56. The van der Waals surface area contributed by atoms with Gasteiger partial charge < -0.3 is 9.80 Å². The van der Waals surface area contributed by atoms with Crippen LogP contribution in [0.5, 0.6) is 0 Å². The van der Waals surface area contributed by atoms with E-state index in [2.05, 4.69) is 11.6 Å². The zero-order chi connectivity index (χ0) is 21.8. The molecule has 2 aliphatic heterocycles. The van der Waals surface area contributed by atoms with Gasteiger partial charge in [0.15, 0.2) is 0 Å². The maximum Gasteiger partial charge on any atom is 0.253 e. The molecular weight excluding hydrogens is 413 g/mol. The van der Waals surface area contributed by atoms with Crippen molar-refractivity contribution in [3.63, 3.8) is 0 Å². The predicted molar refractivity (Wildman–Crippen MR) is 121 cm³/mol. The van der Waals surface area contributed by atoms with E-state index in [9.17, 15) is 14.0 Å². The van der Waals surface area contributed by atoms with Gasteiger partial charge in [0.25, 0.3) is 5.91 Å². The number of hydrogen-bond acceptors (Lipinski definition) is 4. The van der Waals surface area contributed by atoms with E-state index in [1.165, 1.54) is 24.3 Å². The maximum atomic E-state index is 13.3. The lowest BCUT2D eigenvalue weighted by Gasteiger charge is -2.44. The zero-order valence-electron chi connectivity index (χ0n) is 17.7. The first-order valence-corrected chi connectivity index (χ1v) is 12.1. The number of benzene rings is 2. The molecule has 5 nitrogen and oxygen atoms in total. The first-order chi connectivity index (χ1) is 15.0. The highest BCUT2D eigenvalue weighted by Crippen LogP contribution is 2.35. The molecule has 31 heavy (non-hydrogen) atoms. The van der Waals surface area contributed by atoms with Crippen LogP contribution in [0.1, 0.15) is 35.2 Å². The predicted octanol–water partition coefficient (Wildman–Crippen LogP) is 3.51. The van der Waals surface area contributed by atoms with Gasteiger partial charge in [-0.15, -0.1) is 0 Å². The molecule has 2 aromatic carbocycles. The maximum absolute atomic E-state index is 13.3. The molecule has 0 aromatic heterocycles. The lowest BCUT2D eigenvalue weighted by Crippen LogP contribution is -2.59. The Morgan fingerprint density at radius 3 is 2.45 bits per heavy atom. The van der Waals surface area contributed by atoms with Crippen LogP contribution in [0.25, 0.3) is 0 Å². The smallest absolute Gasteiger partial charge is 0.253 e. The Morgan fingerprint density at radius 2 is 1.81 bits per heavy atom. The van der Waals surface area contributed by atoms with Crippen LogP contribution in [0.4, 0.5) is 4.39 Å². The first kappa shape index (κ1) is 21.8. The average molecular weight is 442 g/mol. The van der Waals surface area contributed by atoms with Gasteiger partial charge in [-0.25, -0.2) is 4.39 Å². The summed E-state index contributed by atoms with van der Waals surface area (Å²) in [5, 5.41) is 3.64. The van der Waals surface area contributed by atoms with Gasteiger partial charge in [-0.3, -0.25) is 14.9 Å². The molecule has 2 aromatic rings. The number of nitrogens with zero attached hydrogens (tertiary/aromatic N) is 2. The summed E-state index contributed by atoms with van der Waals surface area (Å²) in [7, 11) is 0. The Labute approximate surface area is 187 Å². The molecule has 1 unspecified atom stereocenters. The number of rotatable bonds is 6. The number of hydrogen-bond donors (Lipinski definition) is 1. The normalized spacial score (nSPS) is 20.5. The largest absolute Gasteiger partial charge is 0.338 e. The number of halogens is 1. The van der Waals surface area contributed by atoms with Crippen molar-refractivity contribution < 1.29 is 14.0 Å². The monoisotopic (exact) mass is 441 g/mol. The van der Waals surface area contributed by atoms with Gasteiger partial charge in [-0.05, 0) is 48.3 Å². The summed E-state index contributed by atoms with van der Waals surface area (Å²) >= 11 is 1.74. The summed E-state index contributed by atoms with van der Waals surface area (Å²) in [6.07, 6.45) is 4.20. The summed E-state index contributed by atoms with van der Waals surface area (Å²) in [5.74, 6) is 0.632. The van der Waals surface area contributed by atoms with Crippen LogP contribution in [-0.4, -0.2) is 58.4 Å². The molecule has 1 spiro atoms. The van der Waals surface area contributed by atoms with Crippen molar-refractivity contribution in [2.24, 2.45) is 0 Å². The summed E-state index contributed by atoms with van der Waals surface area (Å²) in [6.45, 7) is 1.67. The van der Waals surface area contributed by atoms with Crippen molar-refractivity contribution in [1.29, 1.82) is 0 Å². The number of nitrogens with one attached hydrogen (secondary N) is 1. The van der Waals surface area contributed by atoms with Crippen molar-refractivity contribution in [1.82, 2.24) is 15.1 Å². The molecule has 0 aliphatic carbocycles.